The van der Waals surface area contributed by atoms with Crippen LogP contribution in [-0.2, 0) is 4.74 Å². The van der Waals surface area contributed by atoms with Gasteiger partial charge in [-0.05, 0) is 18.8 Å². The van der Waals surface area contributed by atoms with E-state index in [0.29, 0.717) is 5.92 Å². The number of fused-ring (bicyclic) bond motifs is 2. The topological polar surface area (TPSA) is 49.7 Å². The predicted octanol–water partition coefficient (Wildman–Crippen LogP) is -0.237. The summed E-state index contributed by atoms with van der Waals surface area (Å²) in [6.07, 6.45) is 0.986. The van der Waals surface area contributed by atoms with Gasteiger partial charge in [0.1, 0.15) is 0 Å². The van der Waals surface area contributed by atoms with Gasteiger partial charge in [0.2, 0.25) is 0 Å². The Morgan fingerprint density at radius 3 is 2.45 bits per heavy atom. The first-order valence-electron chi connectivity index (χ1n) is 4.13. The molecule has 0 heterocycles. The number of aliphatic hydroxyl groups excluding tert-OH is 2. The van der Waals surface area contributed by atoms with E-state index in [1.807, 2.05) is 0 Å². The summed E-state index contributed by atoms with van der Waals surface area (Å²) >= 11 is 0. The van der Waals surface area contributed by atoms with Crippen molar-refractivity contribution in [3.05, 3.63) is 0 Å². The lowest BCUT2D eigenvalue weighted by atomic mass is 9.92. The van der Waals surface area contributed by atoms with Gasteiger partial charge in [0.25, 0.3) is 0 Å². The molecule has 3 nitrogen and oxygen atoms in total. The van der Waals surface area contributed by atoms with Crippen LogP contribution in [0.25, 0.3) is 0 Å². The number of rotatable bonds is 1. The van der Waals surface area contributed by atoms with Crippen LogP contribution in [0.4, 0.5) is 0 Å². The van der Waals surface area contributed by atoms with Crippen molar-refractivity contribution in [3.63, 3.8) is 0 Å². The van der Waals surface area contributed by atoms with Gasteiger partial charge in [0, 0.05) is 13.0 Å². The lowest BCUT2D eigenvalue weighted by Gasteiger charge is -2.28. The van der Waals surface area contributed by atoms with Gasteiger partial charge in [-0.25, -0.2) is 0 Å². The Labute approximate surface area is 66.0 Å². The molecule has 2 aliphatic rings. The fourth-order valence-electron chi connectivity index (χ4n) is 2.58. The highest BCUT2D eigenvalue weighted by Gasteiger charge is 2.51. The summed E-state index contributed by atoms with van der Waals surface area (Å²) in [6, 6.07) is 0. The van der Waals surface area contributed by atoms with Crippen LogP contribution >= 0.6 is 0 Å². The second-order valence-electron chi connectivity index (χ2n) is 3.65. The Bertz CT molecular complexity index is 155. The van der Waals surface area contributed by atoms with Crippen LogP contribution in [0.2, 0.25) is 0 Å². The van der Waals surface area contributed by atoms with E-state index in [1.54, 1.807) is 7.11 Å². The summed E-state index contributed by atoms with van der Waals surface area (Å²) in [7, 11) is 1.63. The Kier molecular flexibility index (Phi) is 1.67. The van der Waals surface area contributed by atoms with Crippen LogP contribution < -0.4 is 0 Å². The van der Waals surface area contributed by atoms with E-state index in [9.17, 15) is 10.2 Å². The molecule has 2 saturated carbocycles. The van der Waals surface area contributed by atoms with Crippen molar-refractivity contribution >= 4 is 0 Å². The van der Waals surface area contributed by atoms with Crippen LogP contribution in [-0.4, -0.2) is 35.6 Å². The molecule has 2 N–H and O–H groups in total. The maximum atomic E-state index is 9.56. The number of aliphatic hydroxyl groups is 2. The second kappa shape index (κ2) is 2.44. The third-order valence-electron chi connectivity index (χ3n) is 3.13. The Morgan fingerprint density at radius 1 is 1.27 bits per heavy atom. The molecule has 64 valence electrons. The first-order valence-corrected chi connectivity index (χ1v) is 4.13. The summed E-state index contributed by atoms with van der Waals surface area (Å²) in [5, 5.41) is 19.0. The third kappa shape index (κ3) is 0.916. The molecular formula is C8H14O3. The number of hydrogen-bond donors (Lipinski definition) is 2. The molecule has 2 bridgehead atoms. The summed E-state index contributed by atoms with van der Waals surface area (Å²) in [5.74, 6) is 0.458. The quantitative estimate of drug-likeness (QED) is 0.554. The summed E-state index contributed by atoms with van der Waals surface area (Å²) in [5.41, 5.74) is 0. The van der Waals surface area contributed by atoms with Gasteiger partial charge in [-0.1, -0.05) is 0 Å². The number of ether oxygens (including phenoxy) is 1. The molecule has 2 rings (SSSR count). The minimum absolute atomic E-state index is 0.0246. The fraction of sp³-hybridized carbons (Fsp3) is 1.00. The van der Waals surface area contributed by atoms with Crippen molar-refractivity contribution in [1.29, 1.82) is 0 Å². The predicted molar refractivity (Wildman–Crippen MR) is 39.0 cm³/mol. The van der Waals surface area contributed by atoms with Crippen LogP contribution in [0.5, 0.6) is 0 Å². The lowest BCUT2D eigenvalue weighted by molar-refractivity contribution is -0.0767. The molecule has 0 aromatic heterocycles. The molecular weight excluding hydrogens is 144 g/mol. The fourth-order valence-corrected chi connectivity index (χ4v) is 2.58. The van der Waals surface area contributed by atoms with E-state index >= 15 is 0 Å². The van der Waals surface area contributed by atoms with Crippen molar-refractivity contribution < 1.29 is 14.9 Å². The van der Waals surface area contributed by atoms with Crippen molar-refractivity contribution in [2.45, 2.75) is 31.2 Å². The van der Waals surface area contributed by atoms with E-state index in [4.69, 9.17) is 4.74 Å². The molecule has 0 radical (unpaired) electrons. The molecule has 0 aliphatic heterocycles. The molecule has 0 spiro atoms. The molecule has 5 unspecified atom stereocenters. The maximum absolute atomic E-state index is 9.56. The average Bonchev–Trinajstić information content (AvgIpc) is 2.44. The zero-order valence-electron chi connectivity index (χ0n) is 6.60. The zero-order valence-corrected chi connectivity index (χ0v) is 6.60. The Morgan fingerprint density at radius 2 is 2.00 bits per heavy atom. The first kappa shape index (κ1) is 7.53. The molecule has 2 aliphatic carbocycles. The highest BCUT2D eigenvalue weighted by Crippen LogP contribution is 2.45. The monoisotopic (exact) mass is 158 g/mol. The lowest BCUT2D eigenvalue weighted by Crippen LogP contribution is -2.40. The van der Waals surface area contributed by atoms with Gasteiger partial charge in [-0.15, -0.1) is 0 Å². The van der Waals surface area contributed by atoms with Gasteiger partial charge in [0.05, 0.1) is 18.3 Å². The van der Waals surface area contributed by atoms with Gasteiger partial charge in [-0.2, -0.15) is 0 Å². The van der Waals surface area contributed by atoms with Gasteiger partial charge in [-0.3, -0.25) is 0 Å². The molecule has 0 aromatic rings. The molecule has 5 atom stereocenters. The summed E-state index contributed by atoms with van der Waals surface area (Å²) in [6.45, 7) is 0. The minimum Gasteiger partial charge on any atom is -0.393 e. The van der Waals surface area contributed by atoms with Crippen molar-refractivity contribution in [2.24, 2.45) is 11.8 Å². The van der Waals surface area contributed by atoms with Crippen molar-refractivity contribution in [2.75, 3.05) is 7.11 Å². The van der Waals surface area contributed by atoms with Crippen LogP contribution in [0, 0.1) is 11.8 Å². The van der Waals surface area contributed by atoms with E-state index < -0.39 is 6.10 Å². The number of methoxy groups -OCH3 is 1. The van der Waals surface area contributed by atoms with E-state index in [2.05, 4.69) is 0 Å². The highest BCUT2D eigenvalue weighted by atomic mass is 16.5. The average molecular weight is 158 g/mol. The molecule has 11 heavy (non-hydrogen) atoms. The number of hydrogen-bond acceptors (Lipinski definition) is 3. The van der Waals surface area contributed by atoms with E-state index in [1.165, 1.54) is 0 Å². The van der Waals surface area contributed by atoms with Crippen LogP contribution in [0.3, 0.4) is 0 Å². The molecule has 0 aromatic carbocycles. The zero-order chi connectivity index (χ0) is 8.01. The normalized spacial score (nSPS) is 55.4. The molecule has 3 heteroatoms. The standard InChI is InChI=1S/C8H14O3/c1-11-8-4-2-5(7(8)10)6(9)3-4/h4-10H,2-3H2,1H3. The third-order valence-corrected chi connectivity index (χ3v) is 3.13. The second-order valence-corrected chi connectivity index (χ2v) is 3.65. The molecule has 2 fully saturated rings. The highest BCUT2D eigenvalue weighted by molar-refractivity contribution is 5.02. The summed E-state index contributed by atoms with van der Waals surface area (Å²) in [4.78, 5) is 0. The summed E-state index contributed by atoms with van der Waals surface area (Å²) < 4.78 is 5.14. The van der Waals surface area contributed by atoms with Gasteiger partial charge < -0.3 is 14.9 Å². The van der Waals surface area contributed by atoms with E-state index in [0.717, 1.165) is 12.8 Å². The Hall–Kier alpha value is -0.120. The molecule has 0 saturated heterocycles. The van der Waals surface area contributed by atoms with Crippen molar-refractivity contribution in [1.82, 2.24) is 0 Å². The van der Waals surface area contributed by atoms with Crippen LogP contribution in [0.1, 0.15) is 12.8 Å². The van der Waals surface area contributed by atoms with Gasteiger partial charge >= 0.3 is 0 Å². The minimum atomic E-state index is -0.436. The van der Waals surface area contributed by atoms with E-state index in [-0.39, 0.29) is 18.1 Å². The van der Waals surface area contributed by atoms with Crippen LogP contribution in [0.15, 0.2) is 0 Å². The molecule has 0 amide bonds. The van der Waals surface area contributed by atoms with Gasteiger partial charge in [0.15, 0.2) is 0 Å². The van der Waals surface area contributed by atoms with Crippen molar-refractivity contribution in [3.8, 4) is 0 Å². The Balaban J connectivity index is 2.11. The smallest absolute Gasteiger partial charge is 0.0863 e. The largest absolute Gasteiger partial charge is 0.393 e. The first-order chi connectivity index (χ1) is 5.24. The SMILES string of the molecule is COC1C2CC(O)C(C2)C1O. The maximum Gasteiger partial charge on any atom is 0.0863 e.